The highest BCUT2D eigenvalue weighted by atomic mass is 16.5. The van der Waals surface area contributed by atoms with E-state index in [1.165, 1.54) is 0 Å². The molecule has 0 bridgehead atoms. The highest BCUT2D eigenvalue weighted by Gasteiger charge is 2.30. The van der Waals surface area contributed by atoms with Crippen LogP contribution in [-0.4, -0.2) is 40.3 Å². The molecule has 1 unspecified atom stereocenters. The topological polar surface area (TPSA) is 84.4 Å². The lowest BCUT2D eigenvalue weighted by Crippen LogP contribution is -2.39. The average Bonchev–Trinajstić information content (AvgIpc) is 2.74. The van der Waals surface area contributed by atoms with Gasteiger partial charge in [-0.15, -0.1) is 0 Å². The molecule has 2 amide bonds. The lowest BCUT2D eigenvalue weighted by atomic mass is 10.0. The fraction of sp³-hybridized carbons (Fsp3) is 0.455. The maximum Gasteiger partial charge on any atom is 0.259 e. The highest BCUT2D eigenvalue weighted by Crippen LogP contribution is 2.30. The lowest BCUT2D eigenvalue weighted by molar-refractivity contribution is -0.135. The number of nitrogens with zero attached hydrogens (tertiary/aromatic N) is 3. The van der Waals surface area contributed by atoms with Gasteiger partial charge in [-0.3, -0.25) is 9.59 Å². The zero-order chi connectivity index (χ0) is 20.8. The summed E-state index contributed by atoms with van der Waals surface area (Å²) in [5.74, 6) is 1.06. The fourth-order valence-electron chi connectivity index (χ4n) is 3.66. The van der Waals surface area contributed by atoms with Crippen LogP contribution in [0.25, 0.3) is 0 Å². The van der Waals surface area contributed by atoms with Gasteiger partial charge in [0.1, 0.15) is 5.75 Å². The maximum absolute atomic E-state index is 12.7. The predicted octanol–water partition coefficient (Wildman–Crippen LogP) is 3.90. The van der Waals surface area contributed by atoms with Gasteiger partial charge in [-0.25, -0.2) is 9.97 Å². The summed E-state index contributed by atoms with van der Waals surface area (Å²) in [5, 5.41) is 2.85. The first kappa shape index (κ1) is 20.8. The molecule has 7 nitrogen and oxygen atoms in total. The molecule has 2 heterocycles. The van der Waals surface area contributed by atoms with Crippen LogP contribution in [0.5, 0.6) is 5.75 Å². The molecule has 154 valence electrons. The Hall–Kier alpha value is -2.96. The molecule has 0 aliphatic carbocycles. The van der Waals surface area contributed by atoms with E-state index < -0.39 is 0 Å². The Labute approximate surface area is 171 Å². The van der Waals surface area contributed by atoms with Crippen molar-refractivity contribution < 1.29 is 14.3 Å². The quantitative estimate of drug-likeness (QED) is 0.800. The molecule has 1 atom stereocenters. The van der Waals surface area contributed by atoms with Gasteiger partial charge in [0.25, 0.3) is 5.91 Å². The number of benzene rings is 1. The Morgan fingerprint density at radius 3 is 2.79 bits per heavy atom. The van der Waals surface area contributed by atoms with E-state index in [2.05, 4.69) is 15.3 Å². The normalized spacial score (nSPS) is 16.4. The van der Waals surface area contributed by atoms with Crippen LogP contribution in [0.1, 0.15) is 66.9 Å². The average molecular weight is 396 g/mol. The molecule has 29 heavy (non-hydrogen) atoms. The molecule has 7 heteroatoms. The number of amides is 2. The van der Waals surface area contributed by atoms with Crippen molar-refractivity contribution in [3.63, 3.8) is 0 Å². The summed E-state index contributed by atoms with van der Waals surface area (Å²) in [6.45, 7) is 4.54. The van der Waals surface area contributed by atoms with E-state index in [1.54, 1.807) is 32.4 Å². The zero-order valence-corrected chi connectivity index (χ0v) is 17.3. The third-order valence-electron chi connectivity index (χ3n) is 5.18. The predicted molar refractivity (Wildman–Crippen MR) is 111 cm³/mol. The number of hydrogen-bond donors (Lipinski definition) is 1. The second-order valence-electron chi connectivity index (χ2n) is 7.23. The third-order valence-corrected chi connectivity index (χ3v) is 5.18. The van der Waals surface area contributed by atoms with Crippen molar-refractivity contribution in [2.45, 2.75) is 52.0 Å². The molecule has 1 fully saturated rings. The van der Waals surface area contributed by atoms with Gasteiger partial charge in [0.2, 0.25) is 5.91 Å². The number of carbonyl (C=O) groups excluding carboxylic acids is 2. The Morgan fingerprint density at radius 1 is 1.28 bits per heavy atom. The first-order valence-corrected chi connectivity index (χ1v) is 10.1. The van der Waals surface area contributed by atoms with Crippen molar-refractivity contribution in [1.82, 2.24) is 14.9 Å². The summed E-state index contributed by atoms with van der Waals surface area (Å²) in [5.41, 5.74) is 1.59. The van der Waals surface area contributed by atoms with Gasteiger partial charge in [0.05, 0.1) is 30.1 Å². The zero-order valence-electron chi connectivity index (χ0n) is 17.3. The number of carbonyl (C=O) groups is 2. The Balaban J connectivity index is 1.80. The number of piperidine rings is 1. The van der Waals surface area contributed by atoms with E-state index >= 15 is 0 Å². The fourth-order valence-corrected chi connectivity index (χ4v) is 3.66. The number of hydrogen-bond acceptors (Lipinski definition) is 5. The number of methoxy groups -OCH3 is 1. The number of likely N-dealkylation sites (tertiary alicyclic amines) is 1. The molecule has 0 radical (unpaired) electrons. The van der Waals surface area contributed by atoms with Crippen molar-refractivity contribution in [2.24, 2.45) is 0 Å². The second-order valence-corrected chi connectivity index (χ2v) is 7.23. The number of para-hydroxylation sites is 2. The number of aromatic nitrogens is 2. The Kier molecular flexibility index (Phi) is 6.80. The van der Waals surface area contributed by atoms with Gasteiger partial charge in [-0.1, -0.05) is 19.1 Å². The number of ether oxygens (including phenoxy) is 1. The molecule has 1 aliphatic rings. The minimum atomic E-state index is -0.291. The van der Waals surface area contributed by atoms with E-state index in [4.69, 9.17) is 4.74 Å². The second kappa shape index (κ2) is 9.49. The molecule has 0 spiro atoms. The Bertz CT molecular complexity index is 884. The van der Waals surface area contributed by atoms with E-state index in [-0.39, 0.29) is 17.9 Å². The maximum atomic E-state index is 12.7. The number of rotatable bonds is 6. The standard InChI is InChI=1S/C22H28N4O3/c1-4-9-20(27)26-13-8-7-11-18(26)21-23-14-16(15(2)24-21)22(28)25-17-10-5-6-12-19(17)29-3/h5-6,10,12,14,18H,4,7-9,11,13H2,1-3H3,(H,25,28). The molecular formula is C22H28N4O3. The molecule has 1 saturated heterocycles. The van der Waals surface area contributed by atoms with E-state index in [0.717, 1.165) is 32.2 Å². The molecule has 0 saturated carbocycles. The van der Waals surface area contributed by atoms with Crippen LogP contribution in [0.3, 0.4) is 0 Å². The SMILES string of the molecule is CCCC(=O)N1CCCCC1c1ncc(C(=O)Nc2ccccc2OC)c(C)n1. The van der Waals surface area contributed by atoms with Gasteiger partial charge >= 0.3 is 0 Å². The largest absolute Gasteiger partial charge is 0.495 e. The van der Waals surface area contributed by atoms with Crippen molar-refractivity contribution >= 4 is 17.5 Å². The van der Waals surface area contributed by atoms with Crippen LogP contribution in [0.15, 0.2) is 30.5 Å². The number of aryl methyl sites for hydroxylation is 1. The molecule has 1 aromatic heterocycles. The minimum absolute atomic E-state index is 0.118. The summed E-state index contributed by atoms with van der Waals surface area (Å²) in [7, 11) is 1.56. The molecular weight excluding hydrogens is 368 g/mol. The summed E-state index contributed by atoms with van der Waals surface area (Å²) in [6, 6.07) is 7.11. The number of anilines is 1. The van der Waals surface area contributed by atoms with Gasteiger partial charge in [0.15, 0.2) is 5.82 Å². The van der Waals surface area contributed by atoms with Crippen LogP contribution in [0.4, 0.5) is 5.69 Å². The van der Waals surface area contributed by atoms with Crippen molar-refractivity contribution in [2.75, 3.05) is 19.0 Å². The lowest BCUT2D eigenvalue weighted by Gasteiger charge is -2.35. The smallest absolute Gasteiger partial charge is 0.259 e. The summed E-state index contributed by atoms with van der Waals surface area (Å²) in [4.78, 5) is 36.2. The van der Waals surface area contributed by atoms with Crippen LogP contribution < -0.4 is 10.1 Å². The van der Waals surface area contributed by atoms with E-state index in [1.807, 2.05) is 24.0 Å². The molecule has 1 aliphatic heterocycles. The van der Waals surface area contributed by atoms with Crippen LogP contribution in [0, 0.1) is 6.92 Å². The van der Waals surface area contributed by atoms with E-state index in [0.29, 0.717) is 34.9 Å². The molecule has 3 rings (SSSR count). The van der Waals surface area contributed by atoms with Crippen molar-refractivity contribution in [1.29, 1.82) is 0 Å². The highest BCUT2D eigenvalue weighted by molar-refractivity contribution is 6.05. The van der Waals surface area contributed by atoms with Gasteiger partial charge < -0.3 is 15.0 Å². The van der Waals surface area contributed by atoms with Gasteiger partial charge in [-0.05, 0) is 44.7 Å². The minimum Gasteiger partial charge on any atom is -0.495 e. The first-order chi connectivity index (χ1) is 14.0. The summed E-state index contributed by atoms with van der Waals surface area (Å²) in [6.07, 6.45) is 5.81. The number of nitrogens with one attached hydrogen (secondary N) is 1. The summed E-state index contributed by atoms with van der Waals surface area (Å²) >= 11 is 0. The first-order valence-electron chi connectivity index (χ1n) is 10.1. The molecule has 1 aromatic carbocycles. The van der Waals surface area contributed by atoms with Crippen LogP contribution in [-0.2, 0) is 4.79 Å². The molecule has 1 N–H and O–H groups in total. The molecule has 2 aromatic rings. The van der Waals surface area contributed by atoms with Crippen LogP contribution in [0.2, 0.25) is 0 Å². The van der Waals surface area contributed by atoms with Gasteiger partial charge in [-0.2, -0.15) is 0 Å². The monoisotopic (exact) mass is 396 g/mol. The third kappa shape index (κ3) is 4.72. The van der Waals surface area contributed by atoms with Gasteiger partial charge in [0, 0.05) is 19.2 Å². The van der Waals surface area contributed by atoms with E-state index in [9.17, 15) is 9.59 Å². The van der Waals surface area contributed by atoms with Crippen molar-refractivity contribution in [3.8, 4) is 5.75 Å². The van der Waals surface area contributed by atoms with Crippen LogP contribution >= 0.6 is 0 Å². The Morgan fingerprint density at radius 2 is 2.07 bits per heavy atom. The van der Waals surface area contributed by atoms with Crippen molar-refractivity contribution in [3.05, 3.63) is 47.5 Å². The summed E-state index contributed by atoms with van der Waals surface area (Å²) < 4.78 is 5.28.